The molecule has 16 heavy (non-hydrogen) atoms. The van der Waals surface area contributed by atoms with E-state index in [1.165, 1.54) is 0 Å². The Labute approximate surface area is 106 Å². The molecular weight excluding hydrogens is 264 g/mol. The highest BCUT2D eigenvalue weighted by molar-refractivity contribution is 7.80. The van der Waals surface area contributed by atoms with E-state index in [-0.39, 0.29) is 4.87 Å². The van der Waals surface area contributed by atoms with E-state index in [1.54, 1.807) is 30.5 Å². The van der Waals surface area contributed by atoms with Gasteiger partial charge in [-0.05, 0) is 24.3 Å². The van der Waals surface area contributed by atoms with Gasteiger partial charge in [-0.3, -0.25) is 9.79 Å². The Kier molecular flexibility index (Phi) is 3.48. The third kappa shape index (κ3) is 2.75. The summed E-state index contributed by atoms with van der Waals surface area (Å²) < 4.78 is 0. The van der Waals surface area contributed by atoms with Gasteiger partial charge >= 0.3 is 4.87 Å². The average molecular weight is 271 g/mol. The molecule has 1 aromatic carbocycles. The lowest BCUT2D eigenvalue weighted by atomic mass is 10.3. The van der Waals surface area contributed by atoms with Gasteiger partial charge in [0, 0.05) is 11.2 Å². The number of aliphatic imine (C=N–C) groups is 1. The zero-order chi connectivity index (χ0) is 11.5. The molecule has 3 nitrogen and oxygen atoms in total. The molecule has 0 atom stereocenters. The molecule has 0 spiro atoms. The predicted octanol–water partition coefficient (Wildman–Crippen LogP) is 3.13. The fraction of sp³-hybridized carbons (Fsp3) is 0. The summed E-state index contributed by atoms with van der Waals surface area (Å²) in [6, 6.07) is 7.11. The molecule has 0 saturated carbocycles. The number of thiol groups is 1. The maximum Gasteiger partial charge on any atom is 0.305 e. The molecule has 0 aliphatic carbocycles. The second-order valence-corrected chi connectivity index (χ2v) is 4.86. The molecule has 0 bridgehead atoms. The van der Waals surface area contributed by atoms with Gasteiger partial charge in [-0.1, -0.05) is 22.9 Å². The molecule has 1 heterocycles. The number of nitrogens with one attached hydrogen (secondary N) is 1. The van der Waals surface area contributed by atoms with E-state index in [0.717, 1.165) is 17.0 Å². The Hall–Kier alpha value is -1.04. The highest BCUT2D eigenvalue weighted by atomic mass is 35.5. The van der Waals surface area contributed by atoms with Gasteiger partial charge in [0.1, 0.15) is 0 Å². The van der Waals surface area contributed by atoms with Crippen LogP contribution in [0.5, 0.6) is 0 Å². The summed E-state index contributed by atoms with van der Waals surface area (Å²) in [4.78, 5) is 18.4. The topological polar surface area (TPSA) is 45.2 Å². The van der Waals surface area contributed by atoms with Crippen LogP contribution in [0.1, 0.15) is 4.88 Å². The summed E-state index contributed by atoms with van der Waals surface area (Å²) in [5.41, 5.74) is 0.776. The van der Waals surface area contributed by atoms with Crippen molar-refractivity contribution in [2.45, 2.75) is 5.03 Å². The number of thiazole rings is 1. The molecule has 0 fully saturated rings. The Balaban J connectivity index is 2.24. The van der Waals surface area contributed by atoms with Crippen LogP contribution in [0, 0.1) is 0 Å². The van der Waals surface area contributed by atoms with E-state index in [2.05, 4.69) is 22.6 Å². The number of hydrogen-bond donors (Lipinski definition) is 2. The lowest BCUT2D eigenvalue weighted by molar-refractivity contribution is 1.16. The van der Waals surface area contributed by atoms with Crippen molar-refractivity contribution in [3.8, 4) is 0 Å². The normalized spacial score (nSPS) is 11.1. The van der Waals surface area contributed by atoms with E-state index in [0.29, 0.717) is 14.9 Å². The predicted molar refractivity (Wildman–Crippen MR) is 70.9 cm³/mol. The van der Waals surface area contributed by atoms with Crippen LogP contribution in [0.2, 0.25) is 5.02 Å². The van der Waals surface area contributed by atoms with Crippen LogP contribution < -0.4 is 4.87 Å². The van der Waals surface area contributed by atoms with Crippen LogP contribution in [0.4, 0.5) is 5.69 Å². The van der Waals surface area contributed by atoms with Gasteiger partial charge in [0.2, 0.25) is 0 Å². The van der Waals surface area contributed by atoms with Crippen LogP contribution in [0.15, 0.2) is 39.1 Å². The third-order valence-electron chi connectivity index (χ3n) is 1.81. The number of hydrogen-bond acceptors (Lipinski definition) is 4. The number of H-pyrrole nitrogens is 1. The summed E-state index contributed by atoms with van der Waals surface area (Å²) in [6.07, 6.45) is 1.61. The van der Waals surface area contributed by atoms with E-state index in [4.69, 9.17) is 11.6 Å². The SMILES string of the molecule is O=c1[nH]c(S)c(C=Nc2ccc(Cl)cc2)s1. The Bertz CT molecular complexity index is 571. The van der Waals surface area contributed by atoms with E-state index >= 15 is 0 Å². The molecule has 0 saturated heterocycles. The molecule has 82 valence electrons. The summed E-state index contributed by atoms with van der Waals surface area (Å²) in [5.74, 6) is 0. The molecule has 0 unspecified atom stereocenters. The monoisotopic (exact) mass is 270 g/mol. The van der Waals surface area contributed by atoms with Gasteiger partial charge in [0.25, 0.3) is 0 Å². The van der Waals surface area contributed by atoms with E-state index in [9.17, 15) is 4.79 Å². The number of benzene rings is 1. The fourth-order valence-electron chi connectivity index (χ4n) is 1.08. The number of rotatable bonds is 2. The first-order chi connectivity index (χ1) is 7.65. The van der Waals surface area contributed by atoms with Crippen molar-refractivity contribution in [3.63, 3.8) is 0 Å². The van der Waals surface area contributed by atoms with Gasteiger partial charge in [-0.15, -0.1) is 12.6 Å². The molecule has 0 radical (unpaired) electrons. The van der Waals surface area contributed by atoms with Gasteiger partial charge < -0.3 is 4.98 Å². The summed E-state index contributed by atoms with van der Waals surface area (Å²) in [6.45, 7) is 0. The molecule has 6 heteroatoms. The van der Waals surface area contributed by atoms with Crippen LogP contribution >= 0.6 is 35.6 Å². The van der Waals surface area contributed by atoms with Crippen molar-refractivity contribution in [1.82, 2.24) is 4.98 Å². The van der Waals surface area contributed by atoms with Crippen molar-refractivity contribution < 1.29 is 0 Å². The second-order valence-electron chi connectivity index (χ2n) is 2.96. The first-order valence-electron chi connectivity index (χ1n) is 4.37. The number of aromatic amines is 1. The standard InChI is InChI=1S/C10H7ClN2OS2/c11-6-1-3-7(4-2-6)12-5-8-9(15)13-10(14)16-8/h1-5,15H,(H,13,14). The molecule has 2 aromatic rings. The minimum atomic E-state index is -0.137. The lowest BCUT2D eigenvalue weighted by Gasteiger charge is -1.92. The van der Waals surface area contributed by atoms with Crippen LogP contribution in [-0.2, 0) is 0 Å². The molecule has 0 aliphatic rings. The third-order valence-corrected chi connectivity index (χ3v) is 3.39. The van der Waals surface area contributed by atoms with Crippen LogP contribution in [0.25, 0.3) is 0 Å². The zero-order valence-electron chi connectivity index (χ0n) is 7.98. The Morgan fingerprint density at radius 2 is 2.06 bits per heavy atom. The van der Waals surface area contributed by atoms with Crippen LogP contribution in [-0.4, -0.2) is 11.2 Å². The lowest BCUT2D eigenvalue weighted by Crippen LogP contribution is -1.89. The first kappa shape index (κ1) is 11.4. The number of nitrogens with zero attached hydrogens (tertiary/aromatic N) is 1. The smallest absolute Gasteiger partial charge is 0.305 e. The van der Waals surface area contributed by atoms with Crippen molar-refractivity contribution in [1.29, 1.82) is 0 Å². The average Bonchev–Trinajstić information content (AvgIpc) is 2.57. The molecule has 1 aromatic heterocycles. The number of aromatic nitrogens is 1. The minimum Gasteiger partial charge on any atom is -0.307 e. The van der Waals surface area contributed by atoms with Gasteiger partial charge in [-0.25, -0.2) is 0 Å². The highest BCUT2D eigenvalue weighted by Gasteiger charge is 2.00. The highest BCUT2D eigenvalue weighted by Crippen LogP contribution is 2.17. The summed E-state index contributed by atoms with van der Waals surface area (Å²) >= 11 is 10.9. The van der Waals surface area contributed by atoms with E-state index in [1.807, 2.05) is 0 Å². The molecule has 0 amide bonds. The van der Waals surface area contributed by atoms with Gasteiger partial charge in [0.15, 0.2) is 0 Å². The molecule has 0 aliphatic heterocycles. The van der Waals surface area contributed by atoms with Crippen molar-refractivity contribution >= 4 is 47.5 Å². The van der Waals surface area contributed by atoms with Crippen LogP contribution in [0.3, 0.4) is 0 Å². The molecule has 2 rings (SSSR count). The second kappa shape index (κ2) is 4.86. The maximum absolute atomic E-state index is 11.0. The quantitative estimate of drug-likeness (QED) is 0.639. The van der Waals surface area contributed by atoms with Crippen molar-refractivity contribution in [3.05, 3.63) is 43.8 Å². The van der Waals surface area contributed by atoms with Crippen molar-refractivity contribution in [2.75, 3.05) is 0 Å². The molecule has 1 N–H and O–H groups in total. The number of halogens is 1. The Morgan fingerprint density at radius 1 is 1.38 bits per heavy atom. The minimum absolute atomic E-state index is 0.137. The van der Waals surface area contributed by atoms with Crippen molar-refractivity contribution in [2.24, 2.45) is 4.99 Å². The first-order valence-corrected chi connectivity index (χ1v) is 6.01. The maximum atomic E-state index is 11.0. The Morgan fingerprint density at radius 3 is 2.62 bits per heavy atom. The van der Waals surface area contributed by atoms with Gasteiger partial charge in [-0.2, -0.15) is 0 Å². The van der Waals surface area contributed by atoms with Gasteiger partial charge in [0.05, 0.1) is 15.6 Å². The fourth-order valence-corrected chi connectivity index (χ4v) is 2.18. The summed E-state index contributed by atoms with van der Waals surface area (Å²) in [7, 11) is 0. The van der Waals surface area contributed by atoms with E-state index < -0.39 is 0 Å². The summed E-state index contributed by atoms with van der Waals surface area (Å²) in [5, 5.41) is 1.20. The largest absolute Gasteiger partial charge is 0.307 e. The zero-order valence-corrected chi connectivity index (χ0v) is 10.4. The molecular formula is C10H7ClN2OS2.